The molecule has 3 nitrogen and oxygen atoms in total. The number of hydrogen-bond donors (Lipinski definition) is 1. The van der Waals surface area contributed by atoms with Gasteiger partial charge in [-0.05, 0) is 43.7 Å². The minimum atomic E-state index is -4.33. The highest BCUT2D eigenvalue weighted by Gasteiger charge is 2.36. The van der Waals surface area contributed by atoms with Crippen LogP contribution in [-0.2, 0) is 10.9 Å². The Morgan fingerprint density at radius 3 is 2.75 bits per heavy atom. The van der Waals surface area contributed by atoms with Gasteiger partial charge in [0.25, 0.3) is 0 Å². The third-order valence-electron chi connectivity index (χ3n) is 3.90. The van der Waals surface area contributed by atoms with E-state index in [-0.39, 0.29) is 12.1 Å². The quantitative estimate of drug-likeness (QED) is 0.924. The molecule has 110 valence electrons. The number of pyridine rings is 1. The maximum atomic E-state index is 12.6. The Morgan fingerprint density at radius 1 is 1.25 bits per heavy atom. The number of nitrogens with one attached hydrogen (secondary N) is 1. The lowest BCUT2D eigenvalue weighted by Gasteiger charge is -2.30. The van der Waals surface area contributed by atoms with Crippen LogP contribution in [0.15, 0.2) is 18.3 Å². The predicted molar refractivity (Wildman–Crippen MR) is 68.3 cm³/mol. The van der Waals surface area contributed by atoms with Crippen molar-refractivity contribution in [3.63, 3.8) is 0 Å². The Kier molecular flexibility index (Phi) is 3.58. The van der Waals surface area contributed by atoms with Gasteiger partial charge in [-0.3, -0.25) is 0 Å². The molecule has 1 aromatic heterocycles. The van der Waals surface area contributed by atoms with Crippen molar-refractivity contribution in [3.8, 4) is 0 Å². The summed E-state index contributed by atoms with van der Waals surface area (Å²) in [4.78, 5) is 3.98. The van der Waals surface area contributed by atoms with E-state index < -0.39 is 11.7 Å². The highest BCUT2D eigenvalue weighted by molar-refractivity contribution is 5.39. The molecular formula is C14H17F3N2O. The van der Waals surface area contributed by atoms with E-state index in [0.29, 0.717) is 18.3 Å². The number of rotatable bonds is 3. The van der Waals surface area contributed by atoms with Gasteiger partial charge in [0.15, 0.2) is 0 Å². The lowest BCUT2D eigenvalue weighted by atomic mass is 10.00. The standard InChI is InChI=1S/C14H17F3N2O/c15-14(16,17)10-3-5-18-13(7-10)19-11-4-6-20-12(8-11)9-1-2-9/h3,5,7,9,11-12H,1-2,4,6,8H2,(H,18,19). The lowest BCUT2D eigenvalue weighted by Crippen LogP contribution is -2.35. The number of nitrogens with zero attached hydrogens (tertiary/aromatic N) is 1. The Morgan fingerprint density at radius 2 is 2.05 bits per heavy atom. The first-order valence-electron chi connectivity index (χ1n) is 6.94. The van der Waals surface area contributed by atoms with Crippen LogP contribution in [0.4, 0.5) is 19.0 Å². The first kappa shape index (κ1) is 13.7. The second-order valence-electron chi connectivity index (χ2n) is 5.54. The van der Waals surface area contributed by atoms with Crippen molar-refractivity contribution in [1.29, 1.82) is 0 Å². The van der Waals surface area contributed by atoms with Crippen LogP contribution >= 0.6 is 0 Å². The summed E-state index contributed by atoms with van der Waals surface area (Å²) in [5.74, 6) is 0.940. The van der Waals surface area contributed by atoms with Gasteiger partial charge >= 0.3 is 6.18 Å². The smallest absolute Gasteiger partial charge is 0.378 e. The molecule has 1 N–H and O–H groups in total. The molecule has 20 heavy (non-hydrogen) atoms. The molecule has 0 spiro atoms. The molecular weight excluding hydrogens is 269 g/mol. The molecule has 1 saturated carbocycles. The number of halogens is 3. The Hall–Kier alpha value is -1.30. The van der Waals surface area contributed by atoms with Gasteiger partial charge in [-0.15, -0.1) is 0 Å². The lowest BCUT2D eigenvalue weighted by molar-refractivity contribution is -0.137. The van der Waals surface area contributed by atoms with Crippen molar-refractivity contribution in [2.75, 3.05) is 11.9 Å². The van der Waals surface area contributed by atoms with Crippen molar-refractivity contribution in [1.82, 2.24) is 4.98 Å². The van der Waals surface area contributed by atoms with E-state index in [9.17, 15) is 13.2 Å². The van der Waals surface area contributed by atoms with Gasteiger partial charge in [-0.1, -0.05) is 0 Å². The first-order chi connectivity index (χ1) is 9.52. The van der Waals surface area contributed by atoms with Gasteiger partial charge in [0.1, 0.15) is 5.82 Å². The zero-order valence-electron chi connectivity index (χ0n) is 11.0. The number of aromatic nitrogens is 1. The van der Waals surface area contributed by atoms with Crippen LogP contribution in [0, 0.1) is 5.92 Å². The Labute approximate surface area is 115 Å². The SMILES string of the molecule is FC(F)(F)c1ccnc(NC2CCOC(C3CC3)C2)c1. The second-order valence-corrected chi connectivity index (χ2v) is 5.54. The number of alkyl halides is 3. The maximum absolute atomic E-state index is 12.6. The minimum Gasteiger partial charge on any atom is -0.378 e. The monoisotopic (exact) mass is 286 g/mol. The fourth-order valence-corrected chi connectivity index (χ4v) is 2.65. The summed E-state index contributed by atoms with van der Waals surface area (Å²) < 4.78 is 43.6. The van der Waals surface area contributed by atoms with Crippen LogP contribution in [0.3, 0.4) is 0 Å². The van der Waals surface area contributed by atoms with Gasteiger partial charge in [0.2, 0.25) is 0 Å². The second kappa shape index (κ2) is 5.24. The third kappa shape index (κ3) is 3.23. The fourth-order valence-electron chi connectivity index (χ4n) is 2.65. The summed E-state index contributed by atoms with van der Waals surface area (Å²) >= 11 is 0. The number of anilines is 1. The van der Waals surface area contributed by atoms with Crippen LogP contribution in [0.25, 0.3) is 0 Å². The van der Waals surface area contributed by atoms with Crippen molar-refractivity contribution in [2.45, 2.75) is 44.0 Å². The average molecular weight is 286 g/mol. The van der Waals surface area contributed by atoms with Crippen molar-refractivity contribution in [2.24, 2.45) is 5.92 Å². The number of hydrogen-bond acceptors (Lipinski definition) is 3. The Balaban J connectivity index is 1.65. The average Bonchev–Trinajstić information content (AvgIpc) is 3.23. The predicted octanol–water partition coefficient (Wildman–Crippen LogP) is 3.47. The van der Waals surface area contributed by atoms with Gasteiger partial charge < -0.3 is 10.1 Å². The summed E-state index contributed by atoms with van der Waals surface area (Å²) in [6, 6.07) is 2.20. The van der Waals surface area contributed by atoms with Gasteiger partial charge in [0.05, 0.1) is 11.7 Å². The van der Waals surface area contributed by atoms with Crippen LogP contribution in [-0.4, -0.2) is 23.7 Å². The molecule has 2 unspecified atom stereocenters. The molecule has 1 aliphatic carbocycles. The third-order valence-corrected chi connectivity index (χ3v) is 3.90. The summed E-state index contributed by atoms with van der Waals surface area (Å²) in [5.41, 5.74) is -0.666. The van der Waals surface area contributed by atoms with Crippen molar-refractivity contribution in [3.05, 3.63) is 23.9 Å². The molecule has 2 fully saturated rings. The van der Waals surface area contributed by atoms with E-state index in [1.54, 1.807) is 0 Å². The highest BCUT2D eigenvalue weighted by Crippen LogP contribution is 2.38. The first-order valence-corrected chi connectivity index (χ1v) is 6.94. The molecule has 1 aliphatic heterocycles. The zero-order chi connectivity index (χ0) is 14.2. The van der Waals surface area contributed by atoms with Crippen LogP contribution < -0.4 is 5.32 Å². The molecule has 2 aliphatic rings. The summed E-state index contributed by atoms with van der Waals surface area (Å²) in [7, 11) is 0. The van der Waals surface area contributed by atoms with E-state index in [2.05, 4.69) is 10.3 Å². The normalized spacial score (nSPS) is 27.4. The van der Waals surface area contributed by atoms with E-state index in [1.807, 2.05) is 0 Å². The van der Waals surface area contributed by atoms with E-state index >= 15 is 0 Å². The van der Waals surface area contributed by atoms with E-state index in [4.69, 9.17) is 4.74 Å². The summed E-state index contributed by atoms with van der Waals surface area (Å²) in [6.07, 6.45) is 1.20. The van der Waals surface area contributed by atoms with E-state index in [1.165, 1.54) is 19.0 Å². The van der Waals surface area contributed by atoms with Gasteiger partial charge in [-0.25, -0.2) is 4.98 Å². The van der Waals surface area contributed by atoms with Crippen LogP contribution in [0.1, 0.15) is 31.2 Å². The molecule has 2 atom stereocenters. The maximum Gasteiger partial charge on any atom is 0.416 e. The molecule has 1 saturated heterocycles. The molecule has 6 heteroatoms. The number of ether oxygens (including phenoxy) is 1. The topological polar surface area (TPSA) is 34.2 Å². The van der Waals surface area contributed by atoms with Gasteiger partial charge in [0, 0.05) is 18.8 Å². The van der Waals surface area contributed by atoms with Gasteiger partial charge in [-0.2, -0.15) is 13.2 Å². The fraction of sp³-hybridized carbons (Fsp3) is 0.643. The molecule has 0 amide bonds. The highest BCUT2D eigenvalue weighted by atomic mass is 19.4. The molecule has 0 bridgehead atoms. The molecule has 2 heterocycles. The van der Waals surface area contributed by atoms with Crippen molar-refractivity contribution >= 4 is 5.82 Å². The van der Waals surface area contributed by atoms with Crippen molar-refractivity contribution < 1.29 is 17.9 Å². The molecule has 1 aromatic rings. The summed E-state index contributed by atoms with van der Waals surface area (Å²) in [6.45, 7) is 0.664. The molecule has 0 radical (unpaired) electrons. The zero-order valence-corrected chi connectivity index (χ0v) is 11.0. The summed E-state index contributed by atoms with van der Waals surface area (Å²) in [5, 5.41) is 3.11. The van der Waals surface area contributed by atoms with Crippen LogP contribution in [0.5, 0.6) is 0 Å². The van der Waals surface area contributed by atoms with E-state index in [0.717, 1.165) is 25.0 Å². The largest absolute Gasteiger partial charge is 0.416 e. The Bertz CT molecular complexity index is 474. The molecule has 3 rings (SSSR count). The van der Waals surface area contributed by atoms with Crippen LogP contribution in [0.2, 0.25) is 0 Å². The molecule has 0 aromatic carbocycles. The minimum absolute atomic E-state index is 0.144.